The SMILES string of the molecule is NC1CCC(NC(=O)CCC2Cc3ccccc3NC2=O)CC1. The molecule has 4 N–H and O–H groups in total. The molecule has 124 valence electrons. The number of para-hydroxylation sites is 1. The van der Waals surface area contributed by atoms with Crippen LogP contribution in [-0.4, -0.2) is 23.9 Å². The number of carbonyl (C=O) groups excluding carboxylic acids is 2. The summed E-state index contributed by atoms with van der Waals surface area (Å²) >= 11 is 0. The van der Waals surface area contributed by atoms with Gasteiger partial charge in [-0.2, -0.15) is 0 Å². The van der Waals surface area contributed by atoms with Gasteiger partial charge in [-0.05, 0) is 50.2 Å². The Kier molecular flexibility index (Phi) is 4.96. The van der Waals surface area contributed by atoms with E-state index in [4.69, 9.17) is 5.73 Å². The van der Waals surface area contributed by atoms with Crippen LogP contribution in [0.15, 0.2) is 24.3 Å². The van der Waals surface area contributed by atoms with Gasteiger partial charge in [-0.25, -0.2) is 0 Å². The summed E-state index contributed by atoms with van der Waals surface area (Å²) < 4.78 is 0. The van der Waals surface area contributed by atoms with Crippen LogP contribution >= 0.6 is 0 Å². The molecular weight excluding hydrogens is 290 g/mol. The second-order valence-electron chi connectivity index (χ2n) is 6.77. The maximum absolute atomic E-state index is 12.1. The first-order chi connectivity index (χ1) is 11.1. The minimum absolute atomic E-state index is 0.0279. The maximum Gasteiger partial charge on any atom is 0.227 e. The molecule has 2 aliphatic rings. The van der Waals surface area contributed by atoms with E-state index in [1.54, 1.807) is 0 Å². The molecule has 1 aromatic carbocycles. The van der Waals surface area contributed by atoms with Crippen LogP contribution in [0.25, 0.3) is 0 Å². The molecule has 2 amide bonds. The van der Waals surface area contributed by atoms with E-state index in [9.17, 15) is 9.59 Å². The van der Waals surface area contributed by atoms with Crippen molar-refractivity contribution in [1.82, 2.24) is 5.32 Å². The quantitative estimate of drug-likeness (QED) is 0.794. The molecule has 23 heavy (non-hydrogen) atoms. The monoisotopic (exact) mass is 315 g/mol. The molecule has 0 saturated heterocycles. The van der Waals surface area contributed by atoms with Crippen molar-refractivity contribution in [2.24, 2.45) is 11.7 Å². The summed E-state index contributed by atoms with van der Waals surface area (Å²) in [6.45, 7) is 0. The van der Waals surface area contributed by atoms with E-state index in [2.05, 4.69) is 10.6 Å². The van der Waals surface area contributed by atoms with Crippen molar-refractivity contribution in [3.05, 3.63) is 29.8 Å². The second-order valence-corrected chi connectivity index (χ2v) is 6.77. The zero-order valence-corrected chi connectivity index (χ0v) is 13.4. The van der Waals surface area contributed by atoms with Crippen LogP contribution in [0.5, 0.6) is 0 Å². The lowest BCUT2D eigenvalue weighted by Gasteiger charge is -2.27. The third-order valence-electron chi connectivity index (χ3n) is 4.97. The van der Waals surface area contributed by atoms with Crippen molar-refractivity contribution in [3.63, 3.8) is 0 Å². The number of nitrogens with one attached hydrogen (secondary N) is 2. The number of amides is 2. The van der Waals surface area contributed by atoms with E-state index in [0.717, 1.165) is 36.9 Å². The molecule has 1 fully saturated rings. The topological polar surface area (TPSA) is 84.2 Å². The number of hydrogen-bond donors (Lipinski definition) is 3. The normalized spacial score (nSPS) is 27.0. The van der Waals surface area contributed by atoms with Crippen LogP contribution in [0.2, 0.25) is 0 Å². The van der Waals surface area contributed by atoms with Gasteiger partial charge in [-0.15, -0.1) is 0 Å². The van der Waals surface area contributed by atoms with E-state index < -0.39 is 0 Å². The van der Waals surface area contributed by atoms with E-state index in [0.29, 0.717) is 19.3 Å². The van der Waals surface area contributed by atoms with Gasteiger partial charge in [-0.3, -0.25) is 9.59 Å². The molecule has 3 rings (SSSR count). The number of anilines is 1. The van der Waals surface area contributed by atoms with E-state index >= 15 is 0 Å². The molecule has 5 heteroatoms. The minimum atomic E-state index is -0.115. The highest BCUT2D eigenvalue weighted by Crippen LogP contribution is 2.27. The third kappa shape index (κ3) is 4.10. The number of nitrogens with two attached hydrogens (primary N) is 1. The first-order valence-electron chi connectivity index (χ1n) is 8.55. The maximum atomic E-state index is 12.1. The Morgan fingerprint density at radius 1 is 1.22 bits per heavy atom. The zero-order chi connectivity index (χ0) is 16.2. The van der Waals surface area contributed by atoms with Gasteiger partial charge in [0.15, 0.2) is 0 Å². The standard InChI is InChI=1S/C18H25N3O2/c19-14-6-8-15(9-7-14)20-17(22)10-5-13-11-12-3-1-2-4-16(12)21-18(13)23/h1-4,13-15H,5-11,19H2,(H,20,22)(H,21,23). The van der Waals surface area contributed by atoms with Gasteiger partial charge in [0.25, 0.3) is 0 Å². The number of hydrogen-bond acceptors (Lipinski definition) is 3. The van der Waals surface area contributed by atoms with Gasteiger partial charge >= 0.3 is 0 Å². The average Bonchev–Trinajstić information content (AvgIpc) is 2.55. The van der Waals surface area contributed by atoms with Gasteiger partial charge < -0.3 is 16.4 Å². The second kappa shape index (κ2) is 7.13. The van der Waals surface area contributed by atoms with Crippen LogP contribution in [-0.2, 0) is 16.0 Å². The van der Waals surface area contributed by atoms with Gasteiger partial charge in [0.2, 0.25) is 11.8 Å². The first-order valence-corrected chi connectivity index (χ1v) is 8.55. The van der Waals surface area contributed by atoms with Gasteiger partial charge in [-0.1, -0.05) is 18.2 Å². The fraction of sp³-hybridized carbons (Fsp3) is 0.556. The lowest BCUT2D eigenvalue weighted by molar-refractivity contribution is -0.123. The summed E-state index contributed by atoms with van der Waals surface area (Å²) in [6, 6.07) is 8.39. The summed E-state index contributed by atoms with van der Waals surface area (Å²) in [7, 11) is 0. The number of rotatable bonds is 4. The highest BCUT2D eigenvalue weighted by atomic mass is 16.2. The molecule has 1 aliphatic heterocycles. The molecular formula is C18H25N3O2. The number of fused-ring (bicyclic) bond motifs is 1. The zero-order valence-electron chi connectivity index (χ0n) is 13.4. The van der Waals surface area contributed by atoms with Crippen molar-refractivity contribution >= 4 is 17.5 Å². The molecule has 1 heterocycles. The highest BCUT2D eigenvalue weighted by molar-refractivity contribution is 5.96. The molecule has 0 aromatic heterocycles. The van der Waals surface area contributed by atoms with Crippen LogP contribution in [0.1, 0.15) is 44.1 Å². The smallest absolute Gasteiger partial charge is 0.227 e. The summed E-state index contributed by atoms with van der Waals surface area (Å²) in [5.74, 6) is -0.0345. The number of carbonyl (C=O) groups is 2. The predicted octanol–water partition coefficient (Wildman–Crippen LogP) is 1.96. The average molecular weight is 315 g/mol. The Morgan fingerprint density at radius 3 is 2.74 bits per heavy atom. The third-order valence-corrected chi connectivity index (χ3v) is 4.97. The van der Waals surface area contributed by atoms with Crippen LogP contribution in [0, 0.1) is 5.92 Å². The Labute approximate surface area is 137 Å². The summed E-state index contributed by atoms with van der Waals surface area (Å²) in [5.41, 5.74) is 7.93. The van der Waals surface area contributed by atoms with Crippen LogP contribution in [0.3, 0.4) is 0 Å². The molecule has 0 spiro atoms. The molecule has 0 radical (unpaired) electrons. The first kappa shape index (κ1) is 16.0. The molecule has 1 aromatic rings. The van der Waals surface area contributed by atoms with Crippen molar-refractivity contribution in [3.8, 4) is 0 Å². The Balaban J connectivity index is 1.47. The summed E-state index contributed by atoms with van der Waals surface area (Å²) in [4.78, 5) is 24.3. The Morgan fingerprint density at radius 2 is 1.96 bits per heavy atom. The predicted molar refractivity (Wildman–Crippen MR) is 89.9 cm³/mol. The van der Waals surface area contributed by atoms with E-state index in [1.807, 2.05) is 24.3 Å². The Bertz CT molecular complexity index is 579. The van der Waals surface area contributed by atoms with Gasteiger partial charge in [0, 0.05) is 30.1 Å². The van der Waals surface area contributed by atoms with Crippen LogP contribution in [0.4, 0.5) is 5.69 Å². The molecule has 1 atom stereocenters. The van der Waals surface area contributed by atoms with Crippen molar-refractivity contribution in [2.45, 2.75) is 57.0 Å². The van der Waals surface area contributed by atoms with Gasteiger partial charge in [0.05, 0.1) is 0 Å². The lowest BCUT2D eigenvalue weighted by Crippen LogP contribution is -2.40. The molecule has 1 saturated carbocycles. The molecule has 1 unspecified atom stereocenters. The van der Waals surface area contributed by atoms with Crippen molar-refractivity contribution < 1.29 is 9.59 Å². The van der Waals surface area contributed by atoms with E-state index in [1.165, 1.54) is 0 Å². The lowest BCUT2D eigenvalue weighted by atomic mass is 9.89. The fourth-order valence-electron chi connectivity index (χ4n) is 3.52. The van der Waals surface area contributed by atoms with Crippen LogP contribution < -0.4 is 16.4 Å². The van der Waals surface area contributed by atoms with Crippen molar-refractivity contribution in [2.75, 3.05) is 5.32 Å². The van der Waals surface area contributed by atoms with Crippen molar-refractivity contribution in [1.29, 1.82) is 0 Å². The Hall–Kier alpha value is -1.88. The number of benzene rings is 1. The highest BCUT2D eigenvalue weighted by Gasteiger charge is 2.27. The van der Waals surface area contributed by atoms with Gasteiger partial charge in [0.1, 0.15) is 0 Å². The summed E-state index contributed by atoms with van der Waals surface area (Å²) in [5, 5.41) is 6.02. The van der Waals surface area contributed by atoms with E-state index in [-0.39, 0.29) is 29.8 Å². The largest absolute Gasteiger partial charge is 0.353 e. The molecule has 5 nitrogen and oxygen atoms in total. The fourth-order valence-corrected chi connectivity index (χ4v) is 3.52. The minimum Gasteiger partial charge on any atom is -0.353 e. The molecule has 0 bridgehead atoms. The summed E-state index contributed by atoms with van der Waals surface area (Å²) in [6.07, 6.45) is 5.60. The molecule has 1 aliphatic carbocycles.